The molecule has 6 heteroatoms. The van der Waals surface area contributed by atoms with Crippen LogP contribution in [0.3, 0.4) is 0 Å². The van der Waals surface area contributed by atoms with Gasteiger partial charge in [-0.15, -0.1) is 0 Å². The average molecular weight is 351 g/mol. The molecule has 0 fully saturated rings. The Morgan fingerprint density at radius 2 is 1.92 bits per heavy atom. The first-order valence-corrected chi connectivity index (χ1v) is 8.95. The molecule has 6 nitrogen and oxygen atoms in total. The van der Waals surface area contributed by atoms with Crippen LogP contribution < -0.4 is 5.32 Å². The number of amides is 1. The van der Waals surface area contributed by atoms with Crippen LogP contribution >= 0.6 is 0 Å². The molecule has 0 aliphatic carbocycles. The summed E-state index contributed by atoms with van der Waals surface area (Å²) in [5.41, 5.74) is 5.22. The summed E-state index contributed by atoms with van der Waals surface area (Å²) in [6.45, 7) is 11.1. The fourth-order valence-electron chi connectivity index (χ4n) is 2.88. The van der Waals surface area contributed by atoms with Gasteiger partial charge in [0.2, 0.25) is 0 Å². The predicted octanol–water partition coefficient (Wildman–Crippen LogP) is 3.44. The van der Waals surface area contributed by atoms with Crippen molar-refractivity contribution in [1.82, 2.24) is 19.5 Å². The summed E-state index contributed by atoms with van der Waals surface area (Å²) < 4.78 is 1.67. The van der Waals surface area contributed by atoms with Gasteiger partial charge in [-0.2, -0.15) is 5.10 Å². The van der Waals surface area contributed by atoms with Crippen molar-refractivity contribution in [3.63, 3.8) is 0 Å². The van der Waals surface area contributed by atoms with Crippen LogP contribution in [0.5, 0.6) is 0 Å². The van der Waals surface area contributed by atoms with Crippen molar-refractivity contribution in [2.75, 3.05) is 18.4 Å². The summed E-state index contributed by atoms with van der Waals surface area (Å²) in [5, 5.41) is 7.24. The molecule has 0 spiro atoms. The van der Waals surface area contributed by atoms with E-state index in [1.165, 1.54) is 5.56 Å². The molecule has 0 aliphatic heterocycles. The maximum Gasteiger partial charge on any atom is 0.261 e. The average Bonchev–Trinajstić information content (AvgIpc) is 3.06. The van der Waals surface area contributed by atoms with Gasteiger partial charge in [-0.3, -0.25) is 9.69 Å². The minimum atomic E-state index is -0.202. The van der Waals surface area contributed by atoms with Gasteiger partial charge in [0.05, 0.1) is 6.20 Å². The number of anilines is 1. The number of rotatable bonds is 6. The largest absolute Gasteiger partial charge is 0.322 e. The van der Waals surface area contributed by atoms with Crippen molar-refractivity contribution < 1.29 is 4.79 Å². The third kappa shape index (κ3) is 3.75. The third-order valence-corrected chi connectivity index (χ3v) is 4.72. The van der Waals surface area contributed by atoms with Gasteiger partial charge < -0.3 is 5.32 Å². The van der Waals surface area contributed by atoms with Crippen LogP contribution in [0.1, 0.15) is 40.9 Å². The summed E-state index contributed by atoms with van der Waals surface area (Å²) in [7, 11) is 0. The molecule has 26 heavy (non-hydrogen) atoms. The Balaban J connectivity index is 1.81. The normalized spacial score (nSPS) is 11.3. The quantitative estimate of drug-likeness (QED) is 0.739. The Labute approximate surface area is 153 Å². The van der Waals surface area contributed by atoms with Crippen LogP contribution in [0, 0.1) is 13.8 Å². The molecule has 0 atom stereocenters. The molecule has 0 aliphatic rings. The molecule has 2 aromatic heterocycles. The van der Waals surface area contributed by atoms with E-state index in [1.54, 1.807) is 10.7 Å². The zero-order chi connectivity index (χ0) is 18.7. The van der Waals surface area contributed by atoms with Crippen molar-refractivity contribution in [2.24, 2.45) is 0 Å². The highest BCUT2D eigenvalue weighted by atomic mass is 16.1. The number of hydrogen-bond acceptors (Lipinski definition) is 4. The number of fused-ring (bicyclic) bond motifs is 1. The minimum Gasteiger partial charge on any atom is -0.322 e. The fraction of sp³-hybridized carbons (Fsp3) is 0.350. The second-order valence-electron chi connectivity index (χ2n) is 6.50. The SMILES string of the molecule is CCN(CC)Cc1cnc2c(C(=O)Nc3ccc(C)c(C)c3)cnn2c1. The highest BCUT2D eigenvalue weighted by Crippen LogP contribution is 2.17. The number of carbonyl (C=O) groups is 1. The van der Waals surface area contributed by atoms with Crippen molar-refractivity contribution in [1.29, 1.82) is 0 Å². The van der Waals surface area contributed by atoms with Gasteiger partial charge in [-0.25, -0.2) is 9.50 Å². The monoisotopic (exact) mass is 351 g/mol. The maximum atomic E-state index is 12.6. The van der Waals surface area contributed by atoms with Crippen molar-refractivity contribution in [2.45, 2.75) is 34.2 Å². The van der Waals surface area contributed by atoms with Crippen LogP contribution in [0.15, 0.2) is 36.8 Å². The standard InChI is InChI=1S/C20H25N5O/c1-5-24(6-2)12-16-10-21-19-18(11-22-25(19)13-16)20(26)23-17-8-7-14(3)15(4)9-17/h7-11,13H,5-6,12H2,1-4H3,(H,23,26). The number of benzene rings is 1. The van der Waals surface area contributed by atoms with E-state index in [9.17, 15) is 4.79 Å². The molecule has 136 valence electrons. The lowest BCUT2D eigenvalue weighted by atomic mass is 10.1. The minimum absolute atomic E-state index is 0.202. The molecule has 1 amide bonds. The lowest BCUT2D eigenvalue weighted by Crippen LogP contribution is -2.22. The molecule has 0 saturated heterocycles. The van der Waals surface area contributed by atoms with Crippen LogP contribution in [-0.2, 0) is 6.54 Å². The Morgan fingerprint density at radius 3 is 2.62 bits per heavy atom. The van der Waals surface area contributed by atoms with Gasteiger partial charge >= 0.3 is 0 Å². The zero-order valence-corrected chi connectivity index (χ0v) is 15.8. The smallest absolute Gasteiger partial charge is 0.261 e. The van der Waals surface area contributed by atoms with E-state index >= 15 is 0 Å². The maximum absolute atomic E-state index is 12.6. The van der Waals surface area contributed by atoms with E-state index in [0.717, 1.165) is 36.4 Å². The molecule has 3 rings (SSSR count). The van der Waals surface area contributed by atoms with Crippen LogP contribution in [0.2, 0.25) is 0 Å². The summed E-state index contributed by atoms with van der Waals surface area (Å²) >= 11 is 0. The Kier molecular flexibility index (Phi) is 5.32. The molecule has 1 aromatic carbocycles. The van der Waals surface area contributed by atoms with Gasteiger partial charge in [-0.1, -0.05) is 19.9 Å². The van der Waals surface area contributed by atoms with Gasteiger partial charge in [0, 0.05) is 30.2 Å². The Bertz CT molecular complexity index is 927. The summed E-state index contributed by atoms with van der Waals surface area (Å²) in [6, 6.07) is 5.87. The molecule has 0 bridgehead atoms. The molecular weight excluding hydrogens is 326 g/mol. The van der Waals surface area contributed by atoms with Gasteiger partial charge in [0.25, 0.3) is 5.91 Å². The molecular formula is C20H25N5O. The number of nitrogens with one attached hydrogen (secondary N) is 1. The number of aromatic nitrogens is 3. The van der Waals surface area contributed by atoms with Gasteiger partial charge in [0.1, 0.15) is 5.56 Å². The van der Waals surface area contributed by atoms with Crippen molar-refractivity contribution in [3.8, 4) is 0 Å². The van der Waals surface area contributed by atoms with Crippen LogP contribution in [0.25, 0.3) is 5.65 Å². The second kappa shape index (κ2) is 7.66. The first-order chi connectivity index (χ1) is 12.5. The van der Waals surface area contributed by atoms with E-state index < -0.39 is 0 Å². The number of aryl methyl sites for hydroxylation is 2. The third-order valence-electron chi connectivity index (χ3n) is 4.72. The van der Waals surface area contributed by atoms with E-state index in [0.29, 0.717) is 11.2 Å². The Hall–Kier alpha value is -2.73. The summed E-state index contributed by atoms with van der Waals surface area (Å²) in [6.07, 6.45) is 5.33. The zero-order valence-electron chi connectivity index (χ0n) is 15.8. The molecule has 3 aromatic rings. The highest BCUT2D eigenvalue weighted by Gasteiger charge is 2.15. The van der Waals surface area contributed by atoms with E-state index in [4.69, 9.17) is 0 Å². The van der Waals surface area contributed by atoms with Crippen LogP contribution in [-0.4, -0.2) is 38.5 Å². The van der Waals surface area contributed by atoms with Crippen molar-refractivity contribution >= 4 is 17.2 Å². The number of hydrogen-bond donors (Lipinski definition) is 1. The first-order valence-electron chi connectivity index (χ1n) is 8.95. The van der Waals surface area contributed by atoms with E-state index in [-0.39, 0.29) is 5.91 Å². The molecule has 0 radical (unpaired) electrons. The lowest BCUT2D eigenvalue weighted by Gasteiger charge is -2.17. The first kappa shape index (κ1) is 18.1. The number of nitrogens with zero attached hydrogens (tertiary/aromatic N) is 4. The molecule has 0 saturated carbocycles. The lowest BCUT2D eigenvalue weighted by molar-refractivity contribution is 0.102. The summed E-state index contributed by atoms with van der Waals surface area (Å²) in [4.78, 5) is 19.4. The topological polar surface area (TPSA) is 62.5 Å². The molecule has 1 N–H and O–H groups in total. The second-order valence-corrected chi connectivity index (χ2v) is 6.50. The van der Waals surface area contributed by atoms with Gasteiger partial charge in [-0.05, 0) is 50.2 Å². The van der Waals surface area contributed by atoms with Crippen molar-refractivity contribution in [3.05, 3.63) is 59.0 Å². The van der Waals surface area contributed by atoms with Gasteiger partial charge in [0.15, 0.2) is 5.65 Å². The van der Waals surface area contributed by atoms with Crippen LogP contribution in [0.4, 0.5) is 5.69 Å². The van der Waals surface area contributed by atoms with E-state index in [2.05, 4.69) is 34.1 Å². The summed E-state index contributed by atoms with van der Waals surface area (Å²) in [5.74, 6) is -0.202. The van der Waals surface area contributed by atoms with E-state index in [1.807, 2.05) is 44.4 Å². The fourth-order valence-corrected chi connectivity index (χ4v) is 2.88. The number of carbonyl (C=O) groups excluding carboxylic acids is 1. The predicted molar refractivity (Wildman–Crippen MR) is 103 cm³/mol. The highest BCUT2D eigenvalue weighted by molar-refractivity contribution is 6.08. The molecule has 2 heterocycles. The molecule has 0 unspecified atom stereocenters. The Morgan fingerprint density at radius 1 is 1.15 bits per heavy atom.